The van der Waals surface area contributed by atoms with Gasteiger partial charge in [-0.3, -0.25) is 4.90 Å². The number of hydrogen-bond donors (Lipinski definition) is 1. The van der Waals surface area contributed by atoms with Crippen LogP contribution in [0.4, 0.5) is 0 Å². The van der Waals surface area contributed by atoms with Crippen LogP contribution >= 0.6 is 0 Å². The molecule has 3 nitrogen and oxygen atoms in total. The van der Waals surface area contributed by atoms with Crippen LogP contribution in [0, 0.1) is 5.92 Å². The smallest absolute Gasteiger partial charge is 0.107 e. The van der Waals surface area contributed by atoms with Crippen LogP contribution < -0.4 is 0 Å². The highest BCUT2D eigenvalue weighted by Crippen LogP contribution is 2.41. The first-order chi connectivity index (χ1) is 8.20. The van der Waals surface area contributed by atoms with Crippen LogP contribution in [0.15, 0.2) is 0 Å². The average Bonchev–Trinajstić information content (AvgIpc) is 2.61. The minimum absolute atomic E-state index is 0.180. The van der Waals surface area contributed by atoms with Gasteiger partial charge in [-0.1, -0.05) is 0 Å². The van der Waals surface area contributed by atoms with Gasteiger partial charge in [0.2, 0.25) is 0 Å². The monoisotopic (exact) mass is 238 g/mol. The topological polar surface area (TPSA) is 26.7 Å². The van der Waals surface area contributed by atoms with E-state index in [9.17, 15) is 5.11 Å². The number of hydrogen-bond acceptors (Lipinski definition) is 3. The van der Waals surface area contributed by atoms with Crippen molar-refractivity contribution in [3.05, 3.63) is 0 Å². The van der Waals surface area contributed by atoms with Gasteiger partial charge < -0.3 is 10.0 Å². The molecule has 4 aliphatic rings. The number of rotatable bonds is 1. The number of fused-ring (bicyclic) bond motifs is 4. The van der Waals surface area contributed by atoms with Crippen molar-refractivity contribution < 1.29 is 5.11 Å². The highest BCUT2D eigenvalue weighted by Gasteiger charge is 2.46. The summed E-state index contributed by atoms with van der Waals surface area (Å²) in [5, 5.41) is 10.3. The van der Waals surface area contributed by atoms with E-state index in [4.69, 9.17) is 0 Å². The summed E-state index contributed by atoms with van der Waals surface area (Å²) in [6, 6.07) is 0. The SMILES string of the molecule is CC1(N2CCCCC2O)CCN2CCC1CC2. The Morgan fingerprint density at radius 1 is 1.00 bits per heavy atom. The molecule has 98 valence electrons. The lowest BCUT2D eigenvalue weighted by atomic mass is 9.77. The molecule has 0 amide bonds. The fraction of sp³-hybridized carbons (Fsp3) is 1.00. The van der Waals surface area contributed by atoms with E-state index in [1.54, 1.807) is 0 Å². The summed E-state index contributed by atoms with van der Waals surface area (Å²) in [4.78, 5) is 5.05. The molecule has 0 spiro atoms. The molecule has 2 bridgehead atoms. The number of likely N-dealkylation sites (tertiary alicyclic amines) is 1. The van der Waals surface area contributed by atoms with Gasteiger partial charge in [-0.25, -0.2) is 0 Å². The van der Waals surface area contributed by atoms with Crippen molar-refractivity contribution in [1.29, 1.82) is 0 Å². The minimum atomic E-state index is -0.180. The van der Waals surface area contributed by atoms with Gasteiger partial charge in [-0.2, -0.15) is 0 Å². The Hall–Kier alpha value is -0.120. The largest absolute Gasteiger partial charge is 0.378 e. The van der Waals surface area contributed by atoms with Gasteiger partial charge >= 0.3 is 0 Å². The molecule has 3 heteroatoms. The zero-order valence-electron chi connectivity index (χ0n) is 11.1. The van der Waals surface area contributed by atoms with Gasteiger partial charge in [0.25, 0.3) is 0 Å². The minimum Gasteiger partial charge on any atom is -0.378 e. The quantitative estimate of drug-likeness (QED) is 0.753. The lowest BCUT2D eigenvalue weighted by molar-refractivity contribution is -0.107. The van der Waals surface area contributed by atoms with E-state index in [1.807, 2.05) is 0 Å². The highest BCUT2D eigenvalue weighted by molar-refractivity contribution is 5.00. The summed E-state index contributed by atoms with van der Waals surface area (Å²) >= 11 is 0. The van der Waals surface area contributed by atoms with Crippen molar-refractivity contribution in [3.63, 3.8) is 0 Å². The van der Waals surface area contributed by atoms with Crippen LogP contribution in [0.3, 0.4) is 0 Å². The van der Waals surface area contributed by atoms with E-state index >= 15 is 0 Å². The van der Waals surface area contributed by atoms with Gasteiger partial charge in [0.1, 0.15) is 6.23 Å². The molecular weight excluding hydrogens is 212 g/mol. The van der Waals surface area contributed by atoms with Crippen LogP contribution in [0.2, 0.25) is 0 Å². The zero-order chi connectivity index (χ0) is 11.9. The van der Waals surface area contributed by atoms with Gasteiger partial charge in [-0.15, -0.1) is 0 Å². The lowest BCUT2D eigenvalue weighted by Crippen LogP contribution is -2.57. The molecule has 4 fully saturated rings. The van der Waals surface area contributed by atoms with Crippen LogP contribution in [-0.2, 0) is 0 Å². The number of aliphatic hydroxyl groups is 1. The molecule has 0 aromatic rings. The van der Waals surface area contributed by atoms with Crippen LogP contribution in [0.1, 0.15) is 45.4 Å². The zero-order valence-corrected chi connectivity index (χ0v) is 11.1. The molecule has 2 unspecified atom stereocenters. The molecule has 4 aliphatic heterocycles. The van der Waals surface area contributed by atoms with Crippen LogP contribution in [0.25, 0.3) is 0 Å². The second-order valence-electron chi connectivity index (χ2n) is 6.39. The number of aliphatic hydroxyl groups excluding tert-OH is 1. The van der Waals surface area contributed by atoms with E-state index in [0.717, 1.165) is 18.9 Å². The van der Waals surface area contributed by atoms with Gasteiger partial charge in [0.15, 0.2) is 0 Å². The summed E-state index contributed by atoms with van der Waals surface area (Å²) in [5.41, 5.74) is 0.255. The third kappa shape index (κ3) is 2.02. The van der Waals surface area contributed by atoms with E-state index in [2.05, 4.69) is 16.7 Å². The molecule has 17 heavy (non-hydrogen) atoms. The van der Waals surface area contributed by atoms with Crippen molar-refractivity contribution in [2.24, 2.45) is 5.92 Å². The second-order valence-corrected chi connectivity index (χ2v) is 6.39. The van der Waals surface area contributed by atoms with Gasteiger partial charge in [-0.05, 0) is 71.0 Å². The Labute approximate surface area is 105 Å². The second kappa shape index (κ2) is 4.52. The molecule has 0 aromatic heterocycles. The van der Waals surface area contributed by atoms with E-state index in [1.165, 1.54) is 51.7 Å². The Morgan fingerprint density at radius 2 is 1.76 bits per heavy atom. The van der Waals surface area contributed by atoms with Crippen molar-refractivity contribution >= 4 is 0 Å². The van der Waals surface area contributed by atoms with Gasteiger partial charge in [0, 0.05) is 12.1 Å². The first-order valence-electron chi connectivity index (χ1n) is 7.37. The molecule has 4 rings (SSSR count). The maximum atomic E-state index is 10.3. The van der Waals surface area contributed by atoms with Crippen molar-refractivity contribution in [3.8, 4) is 0 Å². The number of piperidine rings is 2. The fourth-order valence-corrected chi connectivity index (χ4v) is 4.25. The fourth-order valence-electron chi connectivity index (χ4n) is 4.25. The maximum absolute atomic E-state index is 10.3. The molecule has 4 heterocycles. The normalized spacial score (nSPS) is 48.0. The van der Waals surface area contributed by atoms with Gasteiger partial charge in [0.05, 0.1) is 0 Å². The molecule has 2 atom stereocenters. The van der Waals surface area contributed by atoms with E-state index < -0.39 is 0 Å². The first kappa shape index (κ1) is 11.9. The molecule has 0 aromatic carbocycles. The Balaban J connectivity index is 1.82. The summed E-state index contributed by atoms with van der Waals surface area (Å²) in [6.45, 7) is 7.32. The summed E-state index contributed by atoms with van der Waals surface area (Å²) < 4.78 is 0. The molecule has 0 saturated carbocycles. The summed E-state index contributed by atoms with van der Waals surface area (Å²) in [6.07, 6.45) is 7.18. The highest BCUT2D eigenvalue weighted by atomic mass is 16.3. The van der Waals surface area contributed by atoms with Crippen molar-refractivity contribution in [2.45, 2.75) is 57.2 Å². The van der Waals surface area contributed by atoms with E-state index in [0.29, 0.717) is 0 Å². The predicted octanol–water partition coefficient (Wildman–Crippen LogP) is 1.67. The van der Waals surface area contributed by atoms with E-state index in [-0.39, 0.29) is 11.8 Å². The Morgan fingerprint density at radius 3 is 2.47 bits per heavy atom. The molecule has 0 radical (unpaired) electrons. The van der Waals surface area contributed by atoms with Crippen LogP contribution in [-0.4, -0.2) is 52.9 Å². The summed E-state index contributed by atoms with van der Waals surface area (Å²) in [7, 11) is 0. The first-order valence-corrected chi connectivity index (χ1v) is 7.37. The molecule has 1 N–H and O–H groups in total. The Bertz CT molecular complexity index is 275. The molecular formula is C14H26N2O. The average molecular weight is 238 g/mol. The van der Waals surface area contributed by atoms with Crippen molar-refractivity contribution in [1.82, 2.24) is 9.80 Å². The third-order valence-corrected chi connectivity index (χ3v) is 5.53. The number of nitrogens with zero attached hydrogens (tertiary/aromatic N) is 2. The lowest BCUT2D eigenvalue weighted by Gasteiger charge is -2.49. The standard InChI is InChI=1S/C14H26N2O/c1-14(16-8-3-2-4-13(16)17)7-11-15-9-5-12(14)6-10-15/h12-13,17H,2-11H2,1H3. The third-order valence-electron chi connectivity index (χ3n) is 5.53. The predicted molar refractivity (Wildman–Crippen MR) is 68.7 cm³/mol. The molecule has 4 saturated heterocycles. The maximum Gasteiger partial charge on any atom is 0.107 e. The van der Waals surface area contributed by atoms with Crippen molar-refractivity contribution in [2.75, 3.05) is 26.2 Å². The summed E-state index contributed by atoms with van der Waals surface area (Å²) in [5.74, 6) is 0.800. The Kier molecular flexibility index (Phi) is 3.18. The van der Waals surface area contributed by atoms with Crippen LogP contribution in [0.5, 0.6) is 0 Å². The molecule has 0 aliphatic carbocycles.